The molecular formula is C20H25F3N6. The number of piperidine rings is 1. The van der Waals surface area contributed by atoms with Crippen molar-refractivity contribution in [1.82, 2.24) is 20.3 Å². The molecule has 2 atom stereocenters. The van der Waals surface area contributed by atoms with Crippen LogP contribution in [0.1, 0.15) is 49.8 Å². The maximum atomic E-state index is 13.0. The van der Waals surface area contributed by atoms with Crippen molar-refractivity contribution in [2.45, 2.75) is 50.7 Å². The molecule has 2 aliphatic heterocycles. The molecule has 156 valence electrons. The van der Waals surface area contributed by atoms with Crippen molar-refractivity contribution >= 4 is 17.6 Å². The molecule has 0 amide bonds. The van der Waals surface area contributed by atoms with Crippen LogP contribution >= 0.6 is 0 Å². The fourth-order valence-electron chi connectivity index (χ4n) is 4.00. The SMILES string of the molecule is CC1CCCN1c1nc(Nc2cc(C(F)(F)F)ccn2)cc(C2CCCNC2)n1. The van der Waals surface area contributed by atoms with Gasteiger partial charge in [-0.25, -0.2) is 9.97 Å². The average molecular weight is 406 g/mol. The Bertz CT molecular complexity index is 850. The number of pyridine rings is 1. The van der Waals surface area contributed by atoms with Gasteiger partial charge in [-0.3, -0.25) is 0 Å². The number of hydrogen-bond acceptors (Lipinski definition) is 6. The third-order valence-electron chi connectivity index (χ3n) is 5.60. The summed E-state index contributed by atoms with van der Waals surface area (Å²) in [7, 11) is 0. The third-order valence-corrected chi connectivity index (χ3v) is 5.60. The zero-order chi connectivity index (χ0) is 20.4. The van der Waals surface area contributed by atoms with Gasteiger partial charge in [0.15, 0.2) is 0 Å². The van der Waals surface area contributed by atoms with Crippen molar-refractivity contribution in [3.05, 3.63) is 35.7 Å². The number of anilines is 3. The summed E-state index contributed by atoms with van der Waals surface area (Å²) in [5.41, 5.74) is 0.171. The zero-order valence-electron chi connectivity index (χ0n) is 16.3. The minimum atomic E-state index is -4.42. The van der Waals surface area contributed by atoms with Crippen LogP contribution in [0, 0.1) is 0 Å². The summed E-state index contributed by atoms with van der Waals surface area (Å²) in [6, 6.07) is 4.14. The van der Waals surface area contributed by atoms with E-state index >= 15 is 0 Å². The Morgan fingerprint density at radius 1 is 1.14 bits per heavy atom. The molecule has 0 bridgehead atoms. The third kappa shape index (κ3) is 4.60. The van der Waals surface area contributed by atoms with E-state index in [9.17, 15) is 13.2 Å². The van der Waals surface area contributed by atoms with Gasteiger partial charge in [0.2, 0.25) is 5.95 Å². The minimum Gasteiger partial charge on any atom is -0.338 e. The second kappa shape index (κ2) is 8.14. The van der Waals surface area contributed by atoms with Crippen molar-refractivity contribution in [1.29, 1.82) is 0 Å². The van der Waals surface area contributed by atoms with Crippen molar-refractivity contribution in [2.24, 2.45) is 0 Å². The second-order valence-electron chi connectivity index (χ2n) is 7.76. The van der Waals surface area contributed by atoms with Crippen LogP contribution in [0.5, 0.6) is 0 Å². The van der Waals surface area contributed by atoms with Crippen LogP contribution in [0.2, 0.25) is 0 Å². The molecular weight excluding hydrogens is 381 g/mol. The molecule has 2 fully saturated rings. The Morgan fingerprint density at radius 3 is 2.69 bits per heavy atom. The number of alkyl halides is 3. The van der Waals surface area contributed by atoms with E-state index in [-0.39, 0.29) is 11.7 Å². The number of rotatable bonds is 4. The van der Waals surface area contributed by atoms with Crippen molar-refractivity contribution in [3.63, 3.8) is 0 Å². The molecule has 4 heterocycles. The predicted molar refractivity (Wildman–Crippen MR) is 105 cm³/mol. The number of nitrogens with zero attached hydrogens (tertiary/aromatic N) is 4. The second-order valence-corrected chi connectivity index (χ2v) is 7.76. The summed E-state index contributed by atoms with van der Waals surface area (Å²) in [6.45, 7) is 4.87. The van der Waals surface area contributed by atoms with Crippen LogP contribution in [0.15, 0.2) is 24.4 Å². The first-order valence-corrected chi connectivity index (χ1v) is 10.1. The minimum absolute atomic E-state index is 0.117. The van der Waals surface area contributed by atoms with Crippen molar-refractivity contribution < 1.29 is 13.2 Å². The molecule has 2 N–H and O–H groups in total. The summed E-state index contributed by atoms with van der Waals surface area (Å²) in [4.78, 5) is 15.6. The number of hydrogen-bond donors (Lipinski definition) is 2. The summed E-state index contributed by atoms with van der Waals surface area (Å²) in [5, 5.41) is 6.36. The standard InChI is InChI=1S/C20H25F3N6/c1-13-4-3-9-29(13)19-26-16(14-5-2-7-24-12-14)11-18(28-19)27-17-10-15(6-8-25-17)20(21,22)23/h6,8,10-11,13-14,24H,2-5,7,9,12H2,1H3,(H,25,26,27,28). The Labute approximate surface area is 168 Å². The fraction of sp³-hybridized carbons (Fsp3) is 0.550. The molecule has 4 rings (SSSR count). The number of nitrogens with one attached hydrogen (secondary N) is 2. The normalized spacial score (nSPS) is 22.7. The highest BCUT2D eigenvalue weighted by Gasteiger charge is 2.31. The van der Waals surface area contributed by atoms with E-state index in [1.54, 1.807) is 0 Å². The van der Waals surface area contributed by atoms with Crippen LogP contribution in [0.4, 0.5) is 30.8 Å². The molecule has 0 radical (unpaired) electrons. The lowest BCUT2D eigenvalue weighted by Crippen LogP contribution is -2.31. The predicted octanol–water partition coefficient (Wildman–Crippen LogP) is 4.09. The maximum absolute atomic E-state index is 13.0. The first-order valence-electron chi connectivity index (χ1n) is 10.1. The first kappa shape index (κ1) is 19.9. The lowest BCUT2D eigenvalue weighted by atomic mass is 9.96. The summed E-state index contributed by atoms with van der Waals surface area (Å²) < 4.78 is 39.1. The van der Waals surface area contributed by atoms with E-state index in [0.29, 0.717) is 17.8 Å². The van der Waals surface area contributed by atoms with Gasteiger partial charge in [0.1, 0.15) is 11.6 Å². The quantitative estimate of drug-likeness (QED) is 0.797. The van der Waals surface area contributed by atoms with Gasteiger partial charge >= 0.3 is 6.18 Å². The highest BCUT2D eigenvalue weighted by atomic mass is 19.4. The van der Waals surface area contributed by atoms with Gasteiger partial charge in [-0.05, 0) is 51.3 Å². The summed E-state index contributed by atoms with van der Waals surface area (Å²) in [5.74, 6) is 1.49. The molecule has 9 heteroatoms. The molecule has 2 aromatic rings. The topological polar surface area (TPSA) is 66.0 Å². The van der Waals surface area contributed by atoms with Gasteiger partial charge in [-0.1, -0.05) is 0 Å². The monoisotopic (exact) mass is 406 g/mol. The molecule has 2 aliphatic rings. The molecule has 6 nitrogen and oxygen atoms in total. The highest BCUT2D eigenvalue weighted by Crippen LogP contribution is 2.32. The Kier molecular flexibility index (Phi) is 5.58. The molecule has 2 unspecified atom stereocenters. The largest absolute Gasteiger partial charge is 0.416 e. The molecule has 0 aromatic carbocycles. The summed E-state index contributed by atoms with van der Waals surface area (Å²) in [6.07, 6.45) is 0.998. The smallest absolute Gasteiger partial charge is 0.338 e. The molecule has 0 saturated carbocycles. The van der Waals surface area contributed by atoms with Gasteiger partial charge in [-0.15, -0.1) is 0 Å². The Balaban J connectivity index is 1.66. The van der Waals surface area contributed by atoms with E-state index in [0.717, 1.165) is 69.3 Å². The van der Waals surface area contributed by atoms with E-state index in [2.05, 4.69) is 32.4 Å². The lowest BCUT2D eigenvalue weighted by molar-refractivity contribution is -0.137. The molecule has 0 aliphatic carbocycles. The molecule has 2 aromatic heterocycles. The zero-order valence-corrected chi connectivity index (χ0v) is 16.3. The van der Waals surface area contributed by atoms with Crippen LogP contribution in [-0.4, -0.2) is 40.6 Å². The molecule has 0 spiro atoms. The van der Waals surface area contributed by atoms with E-state index in [1.807, 2.05) is 6.07 Å². The highest BCUT2D eigenvalue weighted by molar-refractivity contribution is 5.55. The number of halogens is 3. The fourth-order valence-corrected chi connectivity index (χ4v) is 4.00. The van der Waals surface area contributed by atoms with Crippen LogP contribution in [0.3, 0.4) is 0 Å². The molecule has 2 saturated heterocycles. The van der Waals surface area contributed by atoms with Crippen LogP contribution < -0.4 is 15.5 Å². The van der Waals surface area contributed by atoms with Crippen molar-refractivity contribution in [2.75, 3.05) is 29.9 Å². The average Bonchev–Trinajstić information content (AvgIpc) is 3.14. The Hall–Kier alpha value is -2.42. The van der Waals surface area contributed by atoms with Gasteiger partial charge in [-0.2, -0.15) is 18.2 Å². The Morgan fingerprint density at radius 2 is 2.00 bits per heavy atom. The van der Waals surface area contributed by atoms with E-state index in [4.69, 9.17) is 4.98 Å². The van der Waals surface area contributed by atoms with Crippen LogP contribution in [0.25, 0.3) is 0 Å². The summed E-state index contributed by atoms with van der Waals surface area (Å²) >= 11 is 0. The van der Waals surface area contributed by atoms with E-state index < -0.39 is 11.7 Å². The number of aromatic nitrogens is 3. The van der Waals surface area contributed by atoms with Gasteiger partial charge in [0, 0.05) is 37.3 Å². The van der Waals surface area contributed by atoms with Crippen molar-refractivity contribution in [3.8, 4) is 0 Å². The van der Waals surface area contributed by atoms with E-state index in [1.165, 1.54) is 0 Å². The van der Waals surface area contributed by atoms with Gasteiger partial charge in [0.25, 0.3) is 0 Å². The first-order chi connectivity index (χ1) is 13.9. The lowest BCUT2D eigenvalue weighted by Gasteiger charge is -2.26. The van der Waals surface area contributed by atoms with Gasteiger partial charge < -0.3 is 15.5 Å². The van der Waals surface area contributed by atoms with Crippen LogP contribution in [-0.2, 0) is 6.18 Å². The van der Waals surface area contributed by atoms with Gasteiger partial charge in [0.05, 0.1) is 11.3 Å². The maximum Gasteiger partial charge on any atom is 0.416 e. The molecule has 29 heavy (non-hydrogen) atoms.